The molecule has 1 aliphatic rings. The molecule has 2 aromatic rings. The molecule has 0 radical (unpaired) electrons. The summed E-state index contributed by atoms with van der Waals surface area (Å²) in [5.74, 6) is -0.0817. The summed E-state index contributed by atoms with van der Waals surface area (Å²) in [6.07, 6.45) is 2.97. The van der Waals surface area contributed by atoms with Gasteiger partial charge < -0.3 is 14.2 Å². The summed E-state index contributed by atoms with van der Waals surface area (Å²) >= 11 is 6.16. The molecule has 0 bridgehead atoms. The summed E-state index contributed by atoms with van der Waals surface area (Å²) in [6, 6.07) is 4.14. The van der Waals surface area contributed by atoms with Gasteiger partial charge in [-0.05, 0) is 39.2 Å². The Morgan fingerprint density at radius 2 is 2.12 bits per heavy atom. The molecule has 130 valence electrons. The molecule has 0 spiro atoms. The van der Waals surface area contributed by atoms with Gasteiger partial charge in [0.15, 0.2) is 5.69 Å². The van der Waals surface area contributed by atoms with Crippen molar-refractivity contribution >= 4 is 23.2 Å². The van der Waals surface area contributed by atoms with Crippen LogP contribution in [-0.4, -0.2) is 77.3 Å². The van der Waals surface area contributed by atoms with Gasteiger partial charge in [0, 0.05) is 39.4 Å². The maximum Gasteiger partial charge on any atom is 0.273 e. The number of hydrogen-bond acceptors (Lipinski definition) is 4. The SMILES string of the molecule is CN1CCC(N(C)Cc2c(C(=O)N(C)C)nc3ccc(Cl)cn23)C1. The van der Waals surface area contributed by atoms with Crippen molar-refractivity contribution in [2.24, 2.45) is 0 Å². The number of amides is 1. The lowest BCUT2D eigenvalue weighted by molar-refractivity contribution is 0.0819. The lowest BCUT2D eigenvalue weighted by atomic mass is 10.2. The average molecular weight is 350 g/mol. The van der Waals surface area contributed by atoms with Crippen molar-refractivity contribution in [3.63, 3.8) is 0 Å². The van der Waals surface area contributed by atoms with E-state index in [0.29, 0.717) is 23.3 Å². The fourth-order valence-electron chi connectivity index (χ4n) is 3.24. The number of hydrogen-bond donors (Lipinski definition) is 0. The van der Waals surface area contributed by atoms with E-state index in [2.05, 4.69) is 28.9 Å². The van der Waals surface area contributed by atoms with Crippen molar-refractivity contribution in [2.45, 2.75) is 19.0 Å². The van der Waals surface area contributed by atoms with Gasteiger partial charge >= 0.3 is 0 Å². The minimum Gasteiger partial charge on any atom is -0.343 e. The monoisotopic (exact) mass is 349 g/mol. The molecule has 1 fully saturated rings. The van der Waals surface area contributed by atoms with Gasteiger partial charge in [0.1, 0.15) is 5.65 Å². The molecule has 1 saturated heterocycles. The molecule has 0 aromatic carbocycles. The van der Waals surface area contributed by atoms with Gasteiger partial charge in [-0.3, -0.25) is 9.69 Å². The van der Waals surface area contributed by atoms with Crippen molar-refractivity contribution in [1.82, 2.24) is 24.1 Å². The first-order valence-corrected chi connectivity index (χ1v) is 8.51. The molecule has 7 heteroatoms. The Labute approximate surface area is 147 Å². The molecule has 0 aliphatic carbocycles. The van der Waals surface area contributed by atoms with Gasteiger partial charge in [0.2, 0.25) is 0 Å². The van der Waals surface area contributed by atoms with E-state index in [9.17, 15) is 4.79 Å². The number of imidazole rings is 1. The highest BCUT2D eigenvalue weighted by atomic mass is 35.5. The first kappa shape index (κ1) is 17.2. The van der Waals surface area contributed by atoms with Gasteiger partial charge in [0.05, 0.1) is 10.7 Å². The number of rotatable bonds is 4. The Balaban J connectivity index is 1.98. The van der Waals surface area contributed by atoms with Crippen LogP contribution in [0.25, 0.3) is 5.65 Å². The molecular weight excluding hydrogens is 326 g/mol. The van der Waals surface area contributed by atoms with E-state index in [0.717, 1.165) is 30.9 Å². The zero-order chi connectivity index (χ0) is 17.4. The van der Waals surface area contributed by atoms with Gasteiger partial charge in [-0.1, -0.05) is 11.6 Å². The molecule has 24 heavy (non-hydrogen) atoms. The number of nitrogens with zero attached hydrogens (tertiary/aromatic N) is 5. The predicted molar refractivity (Wildman–Crippen MR) is 95.6 cm³/mol. The van der Waals surface area contributed by atoms with Crippen molar-refractivity contribution < 1.29 is 4.79 Å². The first-order chi connectivity index (χ1) is 11.4. The molecule has 1 atom stereocenters. The van der Waals surface area contributed by atoms with E-state index in [-0.39, 0.29) is 5.91 Å². The number of fused-ring (bicyclic) bond motifs is 1. The van der Waals surface area contributed by atoms with Gasteiger partial charge in [0.25, 0.3) is 5.91 Å². The summed E-state index contributed by atoms with van der Waals surface area (Å²) < 4.78 is 1.94. The van der Waals surface area contributed by atoms with E-state index < -0.39 is 0 Å². The maximum atomic E-state index is 12.6. The molecule has 6 nitrogen and oxygen atoms in total. The molecule has 1 amide bonds. The molecule has 0 N–H and O–H groups in total. The van der Waals surface area contributed by atoms with Crippen molar-refractivity contribution in [3.8, 4) is 0 Å². The van der Waals surface area contributed by atoms with Crippen LogP contribution in [0.15, 0.2) is 18.3 Å². The fraction of sp³-hybridized carbons (Fsp3) is 0.529. The van der Waals surface area contributed by atoms with Crippen molar-refractivity contribution in [2.75, 3.05) is 41.3 Å². The molecule has 0 saturated carbocycles. The molecule has 2 aromatic heterocycles. The summed E-state index contributed by atoms with van der Waals surface area (Å²) in [6.45, 7) is 2.82. The van der Waals surface area contributed by atoms with Gasteiger partial charge in [-0.25, -0.2) is 4.98 Å². The lowest BCUT2D eigenvalue weighted by Crippen LogP contribution is -2.34. The molecule has 3 heterocycles. The molecule has 1 aliphatic heterocycles. The van der Waals surface area contributed by atoms with Crippen molar-refractivity contribution in [3.05, 3.63) is 34.7 Å². The van der Waals surface area contributed by atoms with Crippen LogP contribution in [0.5, 0.6) is 0 Å². The third-order valence-corrected chi connectivity index (χ3v) is 4.90. The van der Waals surface area contributed by atoms with E-state index in [4.69, 9.17) is 11.6 Å². The second-order valence-corrected chi connectivity index (χ2v) is 7.24. The number of carbonyl (C=O) groups excluding carboxylic acids is 1. The van der Waals surface area contributed by atoms with E-state index >= 15 is 0 Å². The second-order valence-electron chi connectivity index (χ2n) is 6.80. The number of carbonyl (C=O) groups is 1. The zero-order valence-electron chi connectivity index (χ0n) is 14.7. The van der Waals surface area contributed by atoms with E-state index in [1.165, 1.54) is 0 Å². The maximum absolute atomic E-state index is 12.6. The Morgan fingerprint density at radius 1 is 1.38 bits per heavy atom. The molecule has 3 rings (SSSR count). The number of pyridine rings is 1. The normalized spacial score (nSPS) is 18.7. The highest BCUT2D eigenvalue weighted by Crippen LogP contribution is 2.21. The third-order valence-electron chi connectivity index (χ3n) is 4.68. The smallest absolute Gasteiger partial charge is 0.273 e. The van der Waals surface area contributed by atoms with Crippen LogP contribution in [0.2, 0.25) is 5.02 Å². The molecular formula is C17H24ClN5O. The van der Waals surface area contributed by atoms with Gasteiger partial charge in [-0.2, -0.15) is 0 Å². The topological polar surface area (TPSA) is 44.1 Å². The van der Waals surface area contributed by atoms with Gasteiger partial charge in [-0.15, -0.1) is 0 Å². The predicted octanol–water partition coefficient (Wildman–Crippen LogP) is 1.83. The van der Waals surface area contributed by atoms with Crippen LogP contribution >= 0.6 is 11.6 Å². The number of halogens is 1. The van der Waals surface area contributed by atoms with Crippen LogP contribution < -0.4 is 0 Å². The molecule has 1 unspecified atom stereocenters. The average Bonchev–Trinajstić information content (AvgIpc) is 3.11. The highest BCUT2D eigenvalue weighted by molar-refractivity contribution is 6.30. The quantitative estimate of drug-likeness (QED) is 0.844. The Bertz CT molecular complexity index is 757. The minimum atomic E-state index is -0.0817. The standard InChI is InChI=1S/C17H24ClN5O/c1-20(2)17(24)16-14(11-22(4)13-7-8-21(3)10-13)23-9-12(18)5-6-15(23)19-16/h5-6,9,13H,7-8,10-11H2,1-4H3. The minimum absolute atomic E-state index is 0.0817. The number of aromatic nitrogens is 2. The largest absolute Gasteiger partial charge is 0.343 e. The third kappa shape index (κ3) is 3.27. The summed E-state index contributed by atoms with van der Waals surface area (Å²) in [5, 5.41) is 0.633. The Kier molecular flexibility index (Phi) is 4.80. The van der Waals surface area contributed by atoms with Crippen LogP contribution in [-0.2, 0) is 6.54 Å². The first-order valence-electron chi connectivity index (χ1n) is 8.13. The van der Waals surface area contributed by atoms with E-state index in [1.54, 1.807) is 25.1 Å². The second kappa shape index (κ2) is 6.70. The Morgan fingerprint density at radius 3 is 2.75 bits per heavy atom. The Hall–Kier alpha value is -1.63. The zero-order valence-corrected chi connectivity index (χ0v) is 15.4. The van der Waals surface area contributed by atoms with Crippen LogP contribution in [0.4, 0.5) is 0 Å². The number of likely N-dealkylation sites (tertiary alicyclic amines) is 1. The van der Waals surface area contributed by atoms with E-state index in [1.807, 2.05) is 16.7 Å². The fourth-order valence-corrected chi connectivity index (χ4v) is 3.40. The number of likely N-dealkylation sites (N-methyl/N-ethyl adjacent to an activating group) is 2. The van der Waals surface area contributed by atoms with Crippen LogP contribution in [0, 0.1) is 0 Å². The van der Waals surface area contributed by atoms with Crippen LogP contribution in [0.1, 0.15) is 22.6 Å². The summed E-state index contributed by atoms with van der Waals surface area (Å²) in [4.78, 5) is 23.3. The highest BCUT2D eigenvalue weighted by Gasteiger charge is 2.27. The lowest BCUT2D eigenvalue weighted by Gasteiger charge is -2.24. The summed E-state index contributed by atoms with van der Waals surface area (Å²) in [7, 11) is 7.75. The summed E-state index contributed by atoms with van der Waals surface area (Å²) in [5.41, 5.74) is 2.14. The van der Waals surface area contributed by atoms with Crippen LogP contribution in [0.3, 0.4) is 0 Å². The van der Waals surface area contributed by atoms with Crippen molar-refractivity contribution in [1.29, 1.82) is 0 Å².